The van der Waals surface area contributed by atoms with Gasteiger partial charge in [0.05, 0.1) is 27.9 Å². The highest BCUT2D eigenvalue weighted by Gasteiger charge is 2.30. The molecule has 3 atom stereocenters. The first kappa shape index (κ1) is 40.5. The number of alkyl carbamates (subject to hydrolysis) is 1. The first-order chi connectivity index (χ1) is 26.9. The topological polar surface area (TPSA) is 221 Å². The van der Waals surface area contributed by atoms with E-state index < -0.39 is 57.3 Å². The summed E-state index contributed by atoms with van der Waals surface area (Å²) in [6.45, 7) is 3.72. The lowest BCUT2D eigenvalue weighted by Crippen LogP contribution is -2.56. The Morgan fingerprint density at radius 2 is 1.54 bits per heavy atom. The fraction of sp³-hybridized carbons (Fsp3) is 0.300. The van der Waals surface area contributed by atoms with Crippen LogP contribution in [0.4, 0.5) is 16.2 Å². The van der Waals surface area contributed by atoms with Gasteiger partial charge in [0.25, 0.3) is 11.4 Å². The fourth-order valence-electron chi connectivity index (χ4n) is 6.36. The molecule has 5 rings (SSSR count). The molecule has 0 aliphatic carbocycles. The van der Waals surface area contributed by atoms with Gasteiger partial charge in [-0.25, -0.2) is 9.78 Å². The van der Waals surface area contributed by atoms with Gasteiger partial charge in [-0.15, -0.1) is 0 Å². The van der Waals surface area contributed by atoms with Crippen LogP contribution in [0.5, 0.6) is 0 Å². The van der Waals surface area contributed by atoms with Gasteiger partial charge in [0.2, 0.25) is 11.8 Å². The van der Waals surface area contributed by atoms with Crippen LogP contribution < -0.4 is 16.0 Å². The molecule has 0 spiro atoms. The maximum atomic E-state index is 14.3. The Labute approximate surface area is 322 Å². The number of hydrogen-bond acceptors (Lipinski definition) is 10. The summed E-state index contributed by atoms with van der Waals surface area (Å²) in [5, 5.41) is 43.1. The van der Waals surface area contributed by atoms with Gasteiger partial charge in [0, 0.05) is 37.8 Å². The molecule has 16 heteroatoms. The number of aliphatic hydroxyl groups is 1. The van der Waals surface area contributed by atoms with Crippen LogP contribution in [0, 0.1) is 26.1 Å². The average Bonchev–Trinajstić information content (AvgIpc) is 3.65. The van der Waals surface area contributed by atoms with E-state index in [9.17, 15) is 39.7 Å². The van der Waals surface area contributed by atoms with Gasteiger partial charge in [0.15, 0.2) is 0 Å². The van der Waals surface area contributed by atoms with E-state index >= 15 is 0 Å². The predicted octanol–water partition coefficient (Wildman–Crippen LogP) is 5.32. The quantitative estimate of drug-likeness (QED) is 0.0664. The first-order valence-electron chi connectivity index (χ1n) is 18.0. The van der Waals surface area contributed by atoms with Gasteiger partial charge in [-0.3, -0.25) is 34.4 Å². The molecule has 5 aromatic rings. The smallest absolute Gasteiger partial charge is 0.408 e. The molecule has 0 fully saturated rings. The van der Waals surface area contributed by atoms with Crippen molar-refractivity contribution in [2.24, 2.45) is 5.92 Å². The lowest BCUT2D eigenvalue weighted by atomic mass is 9.98. The van der Waals surface area contributed by atoms with Crippen molar-refractivity contribution in [3.8, 4) is 5.69 Å². The minimum Gasteiger partial charge on any atom is -0.445 e. The summed E-state index contributed by atoms with van der Waals surface area (Å²) in [7, 11) is 0. The number of benzene rings is 4. The second-order valence-corrected chi connectivity index (χ2v) is 13.7. The third-order valence-corrected chi connectivity index (χ3v) is 9.03. The molecule has 16 nitrogen and oxygen atoms in total. The van der Waals surface area contributed by atoms with Crippen LogP contribution in [0.3, 0.4) is 0 Å². The summed E-state index contributed by atoms with van der Waals surface area (Å²) in [5.74, 6) is -1.10. The van der Waals surface area contributed by atoms with Gasteiger partial charge in [-0.1, -0.05) is 86.6 Å². The van der Waals surface area contributed by atoms with Crippen molar-refractivity contribution < 1.29 is 34.1 Å². The highest BCUT2D eigenvalue weighted by atomic mass is 16.6. The zero-order valence-corrected chi connectivity index (χ0v) is 30.9. The predicted molar refractivity (Wildman–Crippen MR) is 207 cm³/mol. The van der Waals surface area contributed by atoms with Crippen LogP contribution >= 0.6 is 0 Å². The second kappa shape index (κ2) is 19.1. The lowest BCUT2D eigenvalue weighted by Gasteiger charge is -2.26. The van der Waals surface area contributed by atoms with E-state index in [1.54, 1.807) is 24.3 Å². The molecule has 292 valence electrons. The van der Waals surface area contributed by atoms with Crippen LogP contribution in [0.25, 0.3) is 16.5 Å². The number of non-ortho nitro benzene ring substituents is 1. The average molecular weight is 766 g/mol. The van der Waals surface area contributed by atoms with Crippen LogP contribution in [0.15, 0.2) is 104 Å². The van der Waals surface area contributed by atoms with Crippen molar-refractivity contribution in [2.45, 2.75) is 64.3 Å². The third kappa shape index (κ3) is 10.9. The van der Waals surface area contributed by atoms with E-state index in [1.807, 2.05) is 62.4 Å². The number of nitrogens with zero attached hydrogens (tertiary/aromatic N) is 4. The summed E-state index contributed by atoms with van der Waals surface area (Å²) in [6.07, 6.45) is 2.51. The van der Waals surface area contributed by atoms with E-state index in [-0.39, 0.29) is 49.8 Å². The molecular formula is C40H43N7O9. The number of carbonyl (C=O) groups excluding carboxylic acids is 3. The molecule has 1 aromatic heterocycles. The van der Waals surface area contributed by atoms with Crippen molar-refractivity contribution in [1.82, 2.24) is 25.5 Å². The van der Waals surface area contributed by atoms with Gasteiger partial charge >= 0.3 is 6.09 Å². The number of ether oxygens (including phenoxy) is 1. The SMILES string of the molecule is CC(C)C[C@@H](CCO)NC(=O)[C@H](Cc1cn(-c2ccc([N+](=O)[O-])cc2[N+](=O)[O-])cn1)NC(=O)[C@H](Cc1cccc2ccccc12)NC(=O)OCc1ccccc1. The van der Waals surface area contributed by atoms with E-state index in [0.29, 0.717) is 6.42 Å². The van der Waals surface area contributed by atoms with E-state index in [1.165, 1.54) is 23.2 Å². The third-order valence-electron chi connectivity index (χ3n) is 9.03. The molecule has 4 N–H and O–H groups in total. The van der Waals surface area contributed by atoms with E-state index in [2.05, 4.69) is 20.9 Å². The summed E-state index contributed by atoms with van der Waals surface area (Å²) in [5.41, 5.74) is 0.754. The number of amides is 3. The summed E-state index contributed by atoms with van der Waals surface area (Å²) < 4.78 is 6.76. The van der Waals surface area contributed by atoms with Crippen molar-refractivity contribution in [3.63, 3.8) is 0 Å². The zero-order valence-electron chi connectivity index (χ0n) is 30.9. The Kier molecular flexibility index (Phi) is 13.8. The number of nitro groups is 2. The summed E-state index contributed by atoms with van der Waals surface area (Å²) in [4.78, 5) is 67.4. The van der Waals surface area contributed by atoms with Crippen molar-refractivity contribution in [2.75, 3.05) is 6.61 Å². The number of nitro benzene ring substituents is 2. The number of hydrogen-bond donors (Lipinski definition) is 4. The Morgan fingerprint density at radius 3 is 2.25 bits per heavy atom. The number of rotatable bonds is 18. The highest BCUT2D eigenvalue weighted by Crippen LogP contribution is 2.28. The number of carbonyl (C=O) groups is 3. The molecule has 0 unspecified atom stereocenters. The van der Waals surface area contributed by atoms with Crippen LogP contribution in [0.1, 0.15) is 43.5 Å². The van der Waals surface area contributed by atoms with Gasteiger partial charge in [-0.2, -0.15) is 0 Å². The molecule has 0 radical (unpaired) electrons. The minimum absolute atomic E-state index is 0.00213. The number of nitrogens with one attached hydrogen (secondary N) is 3. The van der Waals surface area contributed by atoms with Gasteiger partial charge < -0.3 is 25.8 Å². The maximum absolute atomic E-state index is 14.3. The minimum atomic E-state index is -1.26. The Balaban J connectivity index is 1.44. The molecule has 0 saturated carbocycles. The van der Waals surface area contributed by atoms with Gasteiger partial charge in [-0.05, 0) is 46.7 Å². The molecule has 1 heterocycles. The molecule has 0 saturated heterocycles. The summed E-state index contributed by atoms with van der Waals surface area (Å²) in [6, 6.07) is 22.6. The number of aromatic nitrogens is 2. The number of aliphatic hydroxyl groups excluding tert-OH is 1. The molecule has 0 bridgehead atoms. The number of fused-ring (bicyclic) bond motifs is 1. The molecule has 4 aromatic carbocycles. The molecule has 0 aliphatic rings. The molecule has 56 heavy (non-hydrogen) atoms. The van der Waals surface area contributed by atoms with Crippen LogP contribution in [-0.2, 0) is 33.8 Å². The monoisotopic (exact) mass is 765 g/mol. The normalized spacial score (nSPS) is 12.7. The van der Waals surface area contributed by atoms with E-state index in [4.69, 9.17) is 4.74 Å². The maximum Gasteiger partial charge on any atom is 0.408 e. The number of imidazole rings is 1. The Bertz CT molecular complexity index is 2170. The molecular weight excluding hydrogens is 722 g/mol. The molecule has 0 aliphatic heterocycles. The Hall–Kier alpha value is -6.68. The highest BCUT2D eigenvalue weighted by molar-refractivity contribution is 5.93. The fourth-order valence-corrected chi connectivity index (χ4v) is 6.36. The zero-order chi connectivity index (χ0) is 40.2. The van der Waals surface area contributed by atoms with Crippen molar-refractivity contribution >= 4 is 40.1 Å². The summed E-state index contributed by atoms with van der Waals surface area (Å²) >= 11 is 0. The standard InChI is InChI=1S/C40H43N7O9/c1-26(2)19-30(17-18-48)42-38(49)35(21-31-23-45(25-41-31)36-16-15-32(46(52)53)22-37(36)47(54)55)43-39(50)34(44-40(51)56-24-27-9-4-3-5-10-27)20-29-13-8-12-28-11-6-7-14-33(28)29/h3-16,22-23,25-26,30,34-35,48H,17-21,24H2,1-2H3,(H,42,49)(H,43,50)(H,44,51)/t30-,34+,35+/m1/s1. The van der Waals surface area contributed by atoms with Crippen molar-refractivity contribution in [3.05, 3.63) is 141 Å². The van der Waals surface area contributed by atoms with E-state index in [0.717, 1.165) is 34.0 Å². The Morgan fingerprint density at radius 1 is 0.839 bits per heavy atom. The molecule has 3 amide bonds. The second-order valence-electron chi connectivity index (χ2n) is 13.7. The van der Waals surface area contributed by atoms with Crippen LogP contribution in [0.2, 0.25) is 0 Å². The first-order valence-corrected chi connectivity index (χ1v) is 18.0. The van der Waals surface area contributed by atoms with Crippen LogP contribution in [-0.4, -0.2) is 67.1 Å². The lowest BCUT2D eigenvalue weighted by molar-refractivity contribution is -0.394. The van der Waals surface area contributed by atoms with Crippen molar-refractivity contribution in [1.29, 1.82) is 0 Å². The largest absolute Gasteiger partial charge is 0.445 e. The van der Waals surface area contributed by atoms with Gasteiger partial charge in [0.1, 0.15) is 24.4 Å².